The number of nitrogens with two attached hydrogens (primary N) is 1. The third-order valence-electron chi connectivity index (χ3n) is 3.55. The minimum absolute atomic E-state index is 0.0675. The van der Waals surface area contributed by atoms with Crippen LogP contribution >= 0.6 is 0 Å². The van der Waals surface area contributed by atoms with E-state index in [1.54, 1.807) is 6.92 Å². The zero-order valence-electron chi connectivity index (χ0n) is 14.0. The number of ether oxygens (including phenoxy) is 1. The molecule has 3 heteroatoms. The predicted octanol–water partition coefficient (Wildman–Crippen LogP) is 4.08. The second-order valence-electron chi connectivity index (χ2n) is 7.08. The minimum atomic E-state index is -0.722. The molecule has 0 heterocycles. The summed E-state index contributed by atoms with van der Waals surface area (Å²) in [5.74, 6) is 0.962. The van der Waals surface area contributed by atoms with Gasteiger partial charge in [-0.15, -0.1) is 0 Å². The number of unbranched alkanes of at least 4 members (excludes halogenated alkanes) is 1. The number of nitriles is 1. The van der Waals surface area contributed by atoms with E-state index in [0.717, 1.165) is 18.6 Å². The molecule has 0 spiro atoms. The number of rotatable bonds is 6. The summed E-state index contributed by atoms with van der Waals surface area (Å²) in [6, 6.07) is 8.45. The molecule has 0 bridgehead atoms. The summed E-state index contributed by atoms with van der Waals surface area (Å²) >= 11 is 0. The summed E-state index contributed by atoms with van der Waals surface area (Å²) in [5, 5.41) is 8.87. The van der Waals surface area contributed by atoms with Crippen LogP contribution in [0.2, 0.25) is 0 Å². The Labute approximate surface area is 129 Å². The first-order valence-corrected chi connectivity index (χ1v) is 7.60. The zero-order chi connectivity index (χ0) is 16.1. The maximum absolute atomic E-state index is 8.87. The van der Waals surface area contributed by atoms with Crippen LogP contribution in [-0.4, -0.2) is 12.1 Å². The van der Waals surface area contributed by atoms with Crippen molar-refractivity contribution in [1.82, 2.24) is 0 Å². The SMILES string of the molecule is Cc1ccc(OCCCCC(C)(N)C#N)c(C(C)(C)C)c1. The van der Waals surface area contributed by atoms with Gasteiger partial charge >= 0.3 is 0 Å². The van der Waals surface area contributed by atoms with Crippen LogP contribution in [0.5, 0.6) is 5.75 Å². The highest BCUT2D eigenvalue weighted by atomic mass is 16.5. The predicted molar refractivity (Wildman–Crippen MR) is 87.4 cm³/mol. The van der Waals surface area contributed by atoms with Gasteiger partial charge in [0.1, 0.15) is 11.3 Å². The number of aryl methyl sites for hydroxylation is 1. The van der Waals surface area contributed by atoms with E-state index in [1.165, 1.54) is 11.1 Å². The molecule has 2 N–H and O–H groups in total. The van der Waals surface area contributed by atoms with Gasteiger partial charge in [0.15, 0.2) is 0 Å². The van der Waals surface area contributed by atoms with Gasteiger partial charge in [-0.1, -0.05) is 38.5 Å². The van der Waals surface area contributed by atoms with Gasteiger partial charge in [0.2, 0.25) is 0 Å². The van der Waals surface area contributed by atoms with Crippen LogP contribution in [0.3, 0.4) is 0 Å². The van der Waals surface area contributed by atoms with Gasteiger partial charge in [-0.2, -0.15) is 5.26 Å². The maximum atomic E-state index is 8.87. The van der Waals surface area contributed by atoms with Crippen LogP contribution in [0.25, 0.3) is 0 Å². The topological polar surface area (TPSA) is 59.0 Å². The van der Waals surface area contributed by atoms with E-state index in [9.17, 15) is 0 Å². The second-order valence-corrected chi connectivity index (χ2v) is 7.08. The molecular weight excluding hydrogens is 260 g/mol. The fraction of sp³-hybridized carbons (Fsp3) is 0.611. The van der Waals surface area contributed by atoms with Crippen molar-refractivity contribution in [3.05, 3.63) is 29.3 Å². The molecule has 0 saturated carbocycles. The summed E-state index contributed by atoms with van der Waals surface area (Å²) in [6.07, 6.45) is 2.51. The molecule has 1 aromatic rings. The molecule has 0 amide bonds. The number of benzene rings is 1. The first-order valence-electron chi connectivity index (χ1n) is 7.60. The molecule has 0 aliphatic carbocycles. The fourth-order valence-corrected chi connectivity index (χ4v) is 2.19. The third kappa shape index (κ3) is 5.77. The average Bonchev–Trinajstić information content (AvgIpc) is 2.38. The van der Waals surface area contributed by atoms with E-state index >= 15 is 0 Å². The zero-order valence-corrected chi connectivity index (χ0v) is 14.0. The Morgan fingerprint density at radius 2 is 1.86 bits per heavy atom. The highest BCUT2D eigenvalue weighted by molar-refractivity contribution is 5.41. The first-order chi connectivity index (χ1) is 9.65. The standard InChI is InChI=1S/C18H28N2O/c1-14-8-9-16(15(12-14)17(2,3)4)21-11-7-6-10-18(5,20)13-19/h8-9,12H,6-7,10-11,20H2,1-5H3. The monoisotopic (exact) mass is 288 g/mol. The molecule has 21 heavy (non-hydrogen) atoms. The number of hydrogen-bond donors (Lipinski definition) is 1. The molecule has 1 unspecified atom stereocenters. The Hall–Kier alpha value is -1.53. The molecular formula is C18H28N2O. The van der Waals surface area contributed by atoms with Crippen molar-refractivity contribution in [2.45, 2.75) is 64.8 Å². The van der Waals surface area contributed by atoms with E-state index in [4.69, 9.17) is 15.7 Å². The lowest BCUT2D eigenvalue weighted by Crippen LogP contribution is -2.33. The van der Waals surface area contributed by atoms with E-state index in [0.29, 0.717) is 13.0 Å². The molecule has 0 saturated heterocycles. The highest BCUT2D eigenvalue weighted by Gasteiger charge is 2.19. The van der Waals surface area contributed by atoms with Crippen molar-refractivity contribution in [3.63, 3.8) is 0 Å². The Kier molecular flexibility index (Phi) is 5.80. The molecule has 0 radical (unpaired) electrons. The van der Waals surface area contributed by atoms with Crippen molar-refractivity contribution in [2.75, 3.05) is 6.61 Å². The molecule has 0 aliphatic heterocycles. The molecule has 0 fully saturated rings. The van der Waals surface area contributed by atoms with E-state index in [2.05, 4.69) is 52.0 Å². The normalized spacial score (nSPS) is 14.3. The average molecular weight is 288 g/mol. The summed E-state index contributed by atoms with van der Waals surface area (Å²) < 4.78 is 5.94. The van der Waals surface area contributed by atoms with Gasteiger partial charge in [0.25, 0.3) is 0 Å². The van der Waals surface area contributed by atoms with Crippen LogP contribution in [0.4, 0.5) is 0 Å². The van der Waals surface area contributed by atoms with Gasteiger partial charge in [0, 0.05) is 0 Å². The van der Waals surface area contributed by atoms with Gasteiger partial charge in [-0.05, 0) is 50.2 Å². The van der Waals surface area contributed by atoms with Crippen molar-refractivity contribution in [1.29, 1.82) is 5.26 Å². The Balaban J connectivity index is 2.55. The van der Waals surface area contributed by atoms with Gasteiger partial charge in [-0.25, -0.2) is 0 Å². The van der Waals surface area contributed by atoms with E-state index in [1.807, 2.05) is 0 Å². The molecule has 1 atom stereocenters. The van der Waals surface area contributed by atoms with Crippen molar-refractivity contribution in [2.24, 2.45) is 5.73 Å². The largest absolute Gasteiger partial charge is 0.493 e. The third-order valence-corrected chi connectivity index (χ3v) is 3.55. The van der Waals surface area contributed by atoms with Gasteiger partial charge < -0.3 is 10.5 Å². The van der Waals surface area contributed by atoms with Crippen LogP contribution in [0.15, 0.2) is 18.2 Å². The van der Waals surface area contributed by atoms with Gasteiger partial charge in [0.05, 0.1) is 12.7 Å². The molecule has 1 aromatic carbocycles. The molecule has 1 rings (SSSR count). The summed E-state index contributed by atoms with van der Waals surface area (Å²) in [6.45, 7) is 11.1. The van der Waals surface area contributed by atoms with Crippen molar-refractivity contribution >= 4 is 0 Å². The van der Waals surface area contributed by atoms with E-state index < -0.39 is 5.54 Å². The van der Waals surface area contributed by atoms with E-state index in [-0.39, 0.29) is 5.41 Å². The lowest BCUT2D eigenvalue weighted by molar-refractivity contribution is 0.293. The molecule has 0 aromatic heterocycles. The quantitative estimate of drug-likeness (QED) is 0.802. The number of nitrogens with zero attached hydrogens (tertiary/aromatic N) is 1. The van der Waals surface area contributed by atoms with Crippen LogP contribution < -0.4 is 10.5 Å². The molecule has 3 nitrogen and oxygen atoms in total. The highest BCUT2D eigenvalue weighted by Crippen LogP contribution is 2.32. The fourth-order valence-electron chi connectivity index (χ4n) is 2.19. The Bertz CT molecular complexity index is 507. The van der Waals surface area contributed by atoms with Crippen LogP contribution in [0.1, 0.15) is 58.1 Å². The van der Waals surface area contributed by atoms with Crippen LogP contribution in [0, 0.1) is 18.3 Å². The van der Waals surface area contributed by atoms with Crippen molar-refractivity contribution < 1.29 is 4.74 Å². The summed E-state index contributed by atoms with van der Waals surface area (Å²) in [7, 11) is 0. The Morgan fingerprint density at radius 1 is 1.19 bits per heavy atom. The van der Waals surface area contributed by atoms with Gasteiger partial charge in [-0.3, -0.25) is 0 Å². The smallest absolute Gasteiger partial charge is 0.123 e. The number of hydrogen-bond acceptors (Lipinski definition) is 3. The first kappa shape index (κ1) is 17.5. The lowest BCUT2D eigenvalue weighted by atomic mass is 9.85. The minimum Gasteiger partial charge on any atom is -0.493 e. The second kappa shape index (κ2) is 6.95. The lowest BCUT2D eigenvalue weighted by Gasteiger charge is -2.23. The summed E-state index contributed by atoms with van der Waals surface area (Å²) in [4.78, 5) is 0. The maximum Gasteiger partial charge on any atom is 0.123 e. The summed E-state index contributed by atoms with van der Waals surface area (Å²) in [5.41, 5.74) is 7.64. The van der Waals surface area contributed by atoms with Crippen LogP contribution in [-0.2, 0) is 5.41 Å². The molecule has 116 valence electrons. The molecule has 0 aliphatic rings. The Morgan fingerprint density at radius 3 is 2.43 bits per heavy atom. The van der Waals surface area contributed by atoms with Crippen molar-refractivity contribution in [3.8, 4) is 11.8 Å².